The molecule has 0 radical (unpaired) electrons. The number of rotatable bonds is 6. The SMILES string of the molecule is Cc1ccc(N(C)C2CC3(C2)CN(CCCc2cn[nH]c(=O)c2Cl)C3)c2cnn(C)c(=O)c12. The third-order valence-corrected chi connectivity index (χ3v) is 7.88. The van der Waals surface area contributed by atoms with Crippen molar-refractivity contribution in [3.63, 3.8) is 0 Å². The molecule has 8 nitrogen and oxygen atoms in total. The van der Waals surface area contributed by atoms with Crippen molar-refractivity contribution in [1.29, 1.82) is 0 Å². The lowest BCUT2D eigenvalue weighted by molar-refractivity contribution is -0.0714. The maximum Gasteiger partial charge on any atom is 0.283 e. The van der Waals surface area contributed by atoms with E-state index in [1.54, 1.807) is 13.2 Å². The highest BCUT2D eigenvalue weighted by atomic mass is 35.5. The fraction of sp³-hybridized carbons (Fsp3) is 0.500. The zero-order valence-electron chi connectivity index (χ0n) is 19.3. The minimum absolute atomic E-state index is 0.0443. The molecular formula is C24H29ClN6O2. The number of H-pyrrole nitrogens is 1. The summed E-state index contributed by atoms with van der Waals surface area (Å²) in [5, 5.41) is 12.4. The van der Waals surface area contributed by atoms with E-state index in [9.17, 15) is 9.59 Å². The van der Waals surface area contributed by atoms with Crippen LogP contribution in [0.4, 0.5) is 5.69 Å². The lowest BCUT2D eigenvalue weighted by Gasteiger charge is -2.61. The molecule has 2 fully saturated rings. The van der Waals surface area contributed by atoms with Gasteiger partial charge in [0.15, 0.2) is 0 Å². The molecule has 1 saturated heterocycles. The Hall–Kier alpha value is -2.71. The maximum atomic E-state index is 12.6. The first kappa shape index (κ1) is 22.1. The summed E-state index contributed by atoms with van der Waals surface area (Å²) in [6.07, 6.45) is 7.51. The molecule has 5 rings (SSSR count). The molecule has 2 aromatic heterocycles. The molecule has 0 unspecified atom stereocenters. The van der Waals surface area contributed by atoms with E-state index < -0.39 is 0 Å². The number of nitrogens with zero attached hydrogens (tertiary/aromatic N) is 5. The molecule has 9 heteroatoms. The number of nitrogens with one attached hydrogen (secondary N) is 1. The fourth-order valence-electron chi connectivity index (χ4n) is 5.62. The molecule has 33 heavy (non-hydrogen) atoms. The lowest BCUT2D eigenvalue weighted by Crippen LogP contribution is -2.66. The van der Waals surface area contributed by atoms with Gasteiger partial charge in [-0.05, 0) is 61.8 Å². The summed E-state index contributed by atoms with van der Waals surface area (Å²) in [6.45, 7) is 5.23. The highest BCUT2D eigenvalue weighted by Gasteiger charge is 2.53. The summed E-state index contributed by atoms with van der Waals surface area (Å²) < 4.78 is 1.40. The zero-order valence-corrected chi connectivity index (χ0v) is 20.0. The average Bonchev–Trinajstić information content (AvgIpc) is 2.73. The van der Waals surface area contributed by atoms with Crippen molar-refractivity contribution in [2.45, 2.75) is 38.6 Å². The van der Waals surface area contributed by atoms with Gasteiger partial charge in [-0.3, -0.25) is 9.59 Å². The van der Waals surface area contributed by atoms with E-state index in [2.05, 4.69) is 38.2 Å². The summed E-state index contributed by atoms with van der Waals surface area (Å²) in [7, 11) is 3.83. The van der Waals surface area contributed by atoms with Gasteiger partial charge in [0.25, 0.3) is 11.1 Å². The van der Waals surface area contributed by atoms with Crippen molar-refractivity contribution in [3.8, 4) is 0 Å². The van der Waals surface area contributed by atoms with Gasteiger partial charge in [0.1, 0.15) is 5.02 Å². The largest absolute Gasteiger partial charge is 0.371 e. The number of aromatic amines is 1. The number of hydrogen-bond donors (Lipinski definition) is 1. The Kier molecular flexibility index (Phi) is 5.53. The fourth-order valence-corrected chi connectivity index (χ4v) is 5.80. The van der Waals surface area contributed by atoms with Gasteiger partial charge in [0.2, 0.25) is 0 Å². The molecule has 3 aromatic rings. The van der Waals surface area contributed by atoms with Crippen LogP contribution >= 0.6 is 11.6 Å². The Morgan fingerprint density at radius 2 is 2.00 bits per heavy atom. The third kappa shape index (κ3) is 3.85. The Morgan fingerprint density at radius 3 is 2.76 bits per heavy atom. The van der Waals surface area contributed by atoms with E-state index in [1.807, 2.05) is 19.2 Å². The van der Waals surface area contributed by atoms with Gasteiger partial charge in [-0.1, -0.05) is 17.7 Å². The molecule has 2 aliphatic rings. The van der Waals surface area contributed by atoms with Gasteiger partial charge >= 0.3 is 0 Å². The van der Waals surface area contributed by atoms with Gasteiger partial charge in [-0.15, -0.1) is 0 Å². The van der Waals surface area contributed by atoms with Crippen molar-refractivity contribution in [1.82, 2.24) is 24.9 Å². The number of anilines is 1. The van der Waals surface area contributed by atoms with Gasteiger partial charge in [0, 0.05) is 44.3 Å². The monoisotopic (exact) mass is 468 g/mol. The summed E-state index contributed by atoms with van der Waals surface area (Å²) >= 11 is 6.07. The van der Waals surface area contributed by atoms with Crippen LogP contribution in [0.15, 0.2) is 34.1 Å². The first-order chi connectivity index (χ1) is 15.8. The minimum Gasteiger partial charge on any atom is -0.371 e. The average molecular weight is 469 g/mol. The number of likely N-dealkylation sites (tertiary alicyclic amines) is 1. The molecule has 0 atom stereocenters. The van der Waals surface area contributed by atoms with Crippen LogP contribution in [0, 0.1) is 12.3 Å². The number of benzene rings is 1. The van der Waals surface area contributed by atoms with Crippen LogP contribution in [0.3, 0.4) is 0 Å². The van der Waals surface area contributed by atoms with Gasteiger partial charge in [0.05, 0.1) is 17.8 Å². The van der Waals surface area contributed by atoms with Gasteiger partial charge < -0.3 is 9.80 Å². The number of halogens is 1. The molecule has 3 heterocycles. The third-order valence-electron chi connectivity index (χ3n) is 7.47. The van der Waals surface area contributed by atoms with E-state index in [1.165, 1.54) is 4.68 Å². The van der Waals surface area contributed by atoms with E-state index in [-0.39, 0.29) is 16.1 Å². The predicted octanol–water partition coefficient (Wildman–Crippen LogP) is 2.51. The molecule has 0 bridgehead atoms. The van der Waals surface area contributed by atoms with Crippen molar-refractivity contribution in [2.24, 2.45) is 12.5 Å². The topological polar surface area (TPSA) is 87.1 Å². The number of aromatic nitrogens is 4. The summed E-state index contributed by atoms with van der Waals surface area (Å²) in [4.78, 5) is 29.0. The molecule has 1 aliphatic heterocycles. The van der Waals surface area contributed by atoms with Crippen molar-refractivity contribution < 1.29 is 0 Å². The molecule has 1 spiro atoms. The molecule has 174 valence electrons. The first-order valence-electron chi connectivity index (χ1n) is 11.4. The zero-order chi connectivity index (χ0) is 23.3. The molecule has 1 aromatic carbocycles. The molecule has 1 saturated carbocycles. The van der Waals surface area contributed by atoms with Crippen molar-refractivity contribution in [3.05, 3.63) is 61.4 Å². The van der Waals surface area contributed by atoms with Crippen LogP contribution in [0.2, 0.25) is 5.02 Å². The second-order valence-corrected chi connectivity index (χ2v) is 10.2. The molecular weight excluding hydrogens is 440 g/mol. The second kappa shape index (κ2) is 8.25. The Balaban J connectivity index is 1.17. The van der Waals surface area contributed by atoms with Crippen LogP contribution < -0.4 is 16.0 Å². The van der Waals surface area contributed by atoms with E-state index in [0.717, 1.165) is 72.9 Å². The lowest BCUT2D eigenvalue weighted by atomic mass is 9.60. The van der Waals surface area contributed by atoms with E-state index >= 15 is 0 Å². The minimum atomic E-state index is -0.320. The Labute approximate surface area is 197 Å². The van der Waals surface area contributed by atoms with E-state index in [4.69, 9.17) is 11.6 Å². The predicted molar refractivity (Wildman–Crippen MR) is 130 cm³/mol. The Bertz CT molecular complexity index is 1320. The van der Waals surface area contributed by atoms with Crippen LogP contribution in [0.25, 0.3) is 10.8 Å². The number of fused-ring (bicyclic) bond motifs is 1. The standard InChI is InChI=1S/C24H29ClN6O2/c1-15-6-7-19(18-12-27-30(3)23(33)20(15)18)29(2)17-9-24(10-17)13-31(14-24)8-4-5-16-11-26-28-22(32)21(16)25/h6-7,11-12,17H,4-5,8-10,13-14H2,1-3H3,(H,28,32). The maximum absolute atomic E-state index is 12.6. The highest BCUT2D eigenvalue weighted by Crippen LogP contribution is 2.51. The van der Waals surface area contributed by atoms with Crippen molar-refractivity contribution in [2.75, 3.05) is 31.6 Å². The second-order valence-electron chi connectivity index (χ2n) is 9.79. The first-order valence-corrected chi connectivity index (χ1v) is 11.8. The molecule has 1 aliphatic carbocycles. The van der Waals surface area contributed by atoms with Crippen molar-refractivity contribution >= 4 is 28.1 Å². The molecule has 0 amide bonds. The molecule has 1 N–H and O–H groups in total. The normalized spacial score (nSPS) is 17.8. The Morgan fingerprint density at radius 1 is 1.24 bits per heavy atom. The van der Waals surface area contributed by atoms with Crippen LogP contribution in [0.1, 0.15) is 30.4 Å². The quantitative estimate of drug-likeness (QED) is 0.598. The smallest absolute Gasteiger partial charge is 0.283 e. The highest BCUT2D eigenvalue weighted by molar-refractivity contribution is 6.31. The summed E-state index contributed by atoms with van der Waals surface area (Å²) in [5.74, 6) is 0. The van der Waals surface area contributed by atoms with Gasteiger partial charge in [-0.25, -0.2) is 9.78 Å². The van der Waals surface area contributed by atoms with E-state index in [0.29, 0.717) is 11.5 Å². The number of hydrogen-bond acceptors (Lipinski definition) is 6. The number of aryl methyl sites for hydroxylation is 3. The summed E-state index contributed by atoms with van der Waals surface area (Å²) in [5.41, 5.74) is 2.94. The van der Waals surface area contributed by atoms with Gasteiger partial charge in [-0.2, -0.15) is 10.2 Å². The van der Waals surface area contributed by atoms with Crippen LogP contribution in [-0.4, -0.2) is 57.6 Å². The van der Waals surface area contributed by atoms with Crippen LogP contribution in [0.5, 0.6) is 0 Å². The summed E-state index contributed by atoms with van der Waals surface area (Å²) in [6, 6.07) is 4.63. The van der Waals surface area contributed by atoms with Crippen LogP contribution in [-0.2, 0) is 13.5 Å².